The summed E-state index contributed by atoms with van der Waals surface area (Å²) in [4.78, 5) is 0. The van der Waals surface area contributed by atoms with E-state index in [4.69, 9.17) is 4.42 Å². The molecule has 208 valence electrons. The summed E-state index contributed by atoms with van der Waals surface area (Å²) >= 11 is 0. The van der Waals surface area contributed by atoms with Gasteiger partial charge in [0, 0.05) is 10.8 Å². The van der Waals surface area contributed by atoms with Crippen LogP contribution in [0.2, 0.25) is 0 Å². The maximum atomic E-state index is 6.46. The Bertz CT molecular complexity index is 2690. The lowest BCUT2D eigenvalue weighted by molar-refractivity contribution is 0.669. The first-order valence-electron chi connectivity index (χ1n) is 15.5. The SMILES string of the molecule is c1ccc2cc(-c3ccc(-c4c5ccccc5c(-c5cc6ccc7cccc8oc(c5)c6c78)c5ccccc45)cc3)ccc2c1. The average molecular weight is 571 g/mol. The van der Waals surface area contributed by atoms with Gasteiger partial charge in [0.25, 0.3) is 0 Å². The molecule has 0 atom stereocenters. The minimum atomic E-state index is 0.941. The van der Waals surface area contributed by atoms with E-state index in [1.54, 1.807) is 0 Å². The van der Waals surface area contributed by atoms with Crippen LogP contribution in [-0.2, 0) is 0 Å². The predicted octanol–water partition coefficient (Wildman–Crippen LogP) is 12.6. The molecule has 10 aromatic rings. The summed E-state index contributed by atoms with van der Waals surface area (Å²) < 4.78 is 6.46. The van der Waals surface area contributed by atoms with E-state index in [1.165, 1.54) is 87.2 Å². The van der Waals surface area contributed by atoms with Crippen LogP contribution in [0.1, 0.15) is 0 Å². The molecule has 0 N–H and O–H groups in total. The second-order valence-electron chi connectivity index (χ2n) is 12.1. The Balaban J connectivity index is 1.20. The average Bonchev–Trinajstić information content (AvgIpc) is 3.49. The number of hydrogen-bond donors (Lipinski definition) is 0. The third kappa shape index (κ3) is 3.62. The van der Waals surface area contributed by atoms with E-state index in [9.17, 15) is 0 Å². The van der Waals surface area contributed by atoms with Gasteiger partial charge in [-0.25, -0.2) is 0 Å². The van der Waals surface area contributed by atoms with Crippen molar-refractivity contribution >= 4 is 65.0 Å². The molecule has 10 rings (SSSR count). The molecule has 0 saturated carbocycles. The Hall–Kier alpha value is -5.92. The molecule has 1 heteroatoms. The Morgan fingerprint density at radius 2 is 0.800 bits per heavy atom. The van der Waals surface area contributed by atoms with Gasteiger partial charge < -0.3 is 4.42 Å². The Kier molecular flexibility index (Phi) is 5.06. The summed E-state index contributed by atoms with van der Waals surface area (Å²) in [5.41, 5.74) is 9.25. The third-order valence-electron chi connectivity index (χ3n) is 9.58. The molecule has 0 spiro atoms. The van der Waals surface area contributed by atoms with Gasteiger partial charge in [0.05, 0.1) is 0 Å². The predicted molar refractivity (Wildman–Crippen MR) is 191 cm³/mol. The van der Waals surface area contributed by atoms with Gasteiger partial charge in [-0.2, -0.15) is 0 Å². The molecule has 0 fully saturated rings. The van der Waals surface area contributed by atoms with Crippen LogP contribution in [0.25, 0.3) is 98.4 Å². The van der Waals surface area contributed by atoms with Crippen LogP contribution in [0.5, 0.6) is 0 Å². The smallest absolute Gasteiger partial charge is 0.136 e. The summed E-state index contributed by atoms with van der Waals surface area (Å²) in [6, 6.07) is 57.4. The quantitative estimate of drug-likeness (QED) is 0.152. The minimum absolute atomic E-state index is 0.941. The second kappa shape index (κ2) is 9.29. The van der Waals surface area contributed by atoms with Crippen LogP contribution in [0.3, 0.4) is 0 Å². The lowest BCUT2D eigenvalue weighted by atomic mass is 9.85. The summed E-state index contributed by atoms with van der Waals surface area (Å²) in [6.07, 6.45) is 0. The molecule has 1 nitrogen and oxygen atoms in total. The molecule has 0 aliphatic heterocycles. The topological polar surface area (TPSA) is 13.1 Å². The maximum Gasteiger partial charge on any atom is 0.136 e. The van der Waals surface area contributed by atoms with Crippen LogP contribution in [0.15, 0.2) is 162 Å². The van der Waals surface area contributed by atoms with Crippen molar-refractivity contribution in [1.29, 1.82) is 0 Å². The van der Waals surface area contributed by atoms with Crippen LogP contribution < -0.4 is 0 Å². The Morgan fingerprint density at radius 1 is 0.289 bits per heavy atom. The van der Waals surface area contributed by atoms with Gasteiger partial charge >= 0.3 is 0 Å². The highest BCUT2D eigenvalue weighted by Crippen LogP contribution is 2.46. The van der Waals surface area contributed by atoms with E-state index in [-0.39, 0.29) is 0 Å². The van der Waals surface area contributed by atoms with Gasteiger partial charge in [0.1, 0.15) is 11.2 Å². The van der Waals surface area contributed by atoms with E-state index in [0.29, 0.717) is 0 Å². The van der Waals surface area contributed by atoms with Crippen molar-refractivity contribution in [2.45, 2.75) is 0 Å². The summed E-state index contributed by atoms with van der Waals surface area (Å²) in [5.74, 6) is 0. The number of benzene rings is 9. The standard InChI is InChI=1S/C44H26O/c1-2-9-31-24-32(22-18-27(31)8-1)28-16-19-30(20-17-28)41-35-11-3-5-13-37(35)42(38-14-6-4-12-36(38)41)34-25-33-23-21-29-10-7-15-39-43(29)44(33)40(26-34)45-39/h1-26H. The van der Waals surface area contributed by atoms with Crippen LogP contribution in [0, 0.1) is 0 Å². The van der Waals surface area contributed by atoms with Crippen LogP contribution in [0.4, 0.5) is 0 Å². The van der Waals surface area contributed by atoms with Gasteiger partial charge in [0.2, 0.25) is 0 Å². The molecule has 0 unspecified atom stereocenters. The van der Waals surface area contributed by atoms with E-state index >= 15 is 0 Å². The van der Waals surface area contributed by atoms with Crippen molar-refractivity contribution in [3.63, 3.8) is 0 Å². The molecule has 1 heterocycles. The molecule has 45 heavy (non-hydrogen) atoms. The molecule has 0 aliphatic rings. The summed E-state index contributed by atoms with van der Waals surface area (Å²) in [6.45, 7) is 0. The molecule has 1 aromatic heterocycles. The number of fused-ring (bicyclic) bond motifs is 3. The molecule has 0 bridgehead atoms. The van der Waals surface area contributed by atoms with Gasteiger partial charge in [0.15, 0.2) is 0 Å². The van der Waals surface area contributed by atoms with Gasteiger partial charge in [-0.3, -0.25) is 0 Å². The zero-order chi connectivity index (χ0) is 29.5. The van der Waals surface area contributed by atoms with Gasteiger partial charge in [-0.1, -0.05) is 133 Å². The van der Waals surface area contributed by atoms with Crippen molar-refractivity contribution in [2.24, 2.45) is 0 Å². The number of furan rings is 1. The highest BCUT2D eigenvalue weighted by molar-refractivity contribution is 6.25. The lowest BCUT2D eigenvalue weighted by Crippen LogP contribution is -1.91. The first-order valence-corrected chi connectivity index (χ1v) is 15.5. The molecule has 0 amide bonds. The second-order valence-corrected chi connectivity index (χ2v) is 12.1. The molecule has 9 aromatic carbocycles. The van der Waals surface area contributed by atoms with Gasteiger partial charge in [-0.15, -0.1) is 0 Å². The first-order chi connectivity index (χ1) is 22.3. The van der Waals surface area contributed by atoms with E-state index in [0.717, 1.165) is 11.2 Å². The summed E-state index contributed by atoms with van der Waals surface area (Å²) in [5, 5.41) is 12.4. The Labute approximate surface area is 259 Å². The molecule has 0 saturated heterocycles. The largest absolute Gasteiger partial charge is 0.456 e. The van der Waals surface area contributed by atoms with Crippen LogP contribution >= 0.6 is 0 Å². The molecular formula is C44H26O. The fourth-order valence-electron chi connectivity index (χ4n) is 7.55. The van der Waals surface area contributed by atoms with E-state index in [2.05, 4.69) is 158 Å². The van der Waals surface area contributed by atoms with Crippen molar-refractivity contribution in [2.75, 3.05) is 0 Å². The molecule has 0 radical (unpaired) electrons. The van der Waals surface area contributed by atoms with Crippen LogP contribution in [-0.4, -0.2) is 0 Å². The van der Waals surface area contributed by atoms with Crippen molar-refractivity contribution in [3.05, 3.63) is 158 Å². The van der Waals surface area contributed by atoms with E-state index < -0.39 is 0 Å². The monoisotopic (exact) mass is 570 g/mol. The fourth-order valence-corrected chi connectivity index (χ4v) is 7.55. The van der Waals surface area contributed by atoms with Gasteiger partial charge in [-0.05, 0) is 101 Å². The fraction of sp³-hybridized carbons (Fsp3) is 0. The third-order valence-corrected chi connectivity index (χ3v) is 9.58. The highest BCUT2D eigenvalue weighted by Gasteiger charge is 2.19. The first kappa shape index (κ1) is 24.5. The number of rotatable bonds is 3. The summed E-state index contributed by atoms with van der Waals surface area (Å²) in [7, 11) is 0. The number of hydrogen-bond acceptors (Lipinski definition) is 1. The van der Waals surface area contributed by atoms with Crippen molar-refractivity contribution < 1.29 is 4.42 Å². The molecule has 0 aliphatic carbocycles. The zero-order valence-corrected chi connectivity index (χ0v) is 24.4. The highest BCUT2D eigenvalue weighted by atomic mass is 16.3. The maximum absolute atomic E-state index is 6.46. The molecular weight excluding hydrogens is 544 g/mol. The normalized spacial score (nSPS) is 12.0. The Morgan fingerprint density at radius 3 is 1.53 bits per heavy atom. The lowest BCUT2D eigenvalue weighted by Gasteiger charge is -2.18. The minimum Gasteiger partial charge on any atom is -0.456 e. The van der Waals surface area contributed by atoms with E-state index in [1.807, 2.05) is 0 Å². The van der Waals surface area contributed by atoms with Crippen molar-refractivity contribution in [1.82, 2.24) is 0 Å². The van der Waals surface area contributed by atoms with Crippen molar-refractivity contribution in [3.8, 4) is 33.4 Å². The zero-order valence-electron chi connectivity index (χ0n) is 24.4.